The van der Waals surface area contributed by atoms with Gasteiger partial charge in [0.25, 0.3) is 0 Å². The van der Waals surface area contributed by atoms with Crippen LogP contribution in [0.4, 0.5) is 5.95 Å². The third kappa shape index (κ3) is 2.30. The van der Waals surface area contributed by atoms with Crippen molar-refractivity contribution < 1.29 is 0 Å². The van der Waals surface area contributed by atoms with E-state index in [-0.39, 0.29) is 0 Å². The van der Waals surface area contributed by atoms with Crippen LogP contribution in [0.25, 0.3) is 0 Å². The predicted octanol–water partition coefficient (Wildman–Crippen LogP) is 1.65. The molecule has 1 aliphatic heterocycles. The quantitative estimate of drug-likeness (QED) is 0.800. The minimum absolute atomic E-state index is 0.450. The average Bonchev–Trinajstić information content (AvgIpc) is 2.49. The first-order valence-electron chi connectivity index (χ1n) is 6.21. The summed E-state index contributed by atoms with van der Waals surface area (Å²) in [6.45, 7) is 1.95. The van der Waals surface area contributed by atoms with Crippen LogP contribution in [0.3, 0.4) is 0 Å². The molecule has 0 aromatic carbocycles. The summed E-state index contributed by atoms with van der Waals surface area (Å²) in [5.41, 5.74) is 1.12. The zero-order chi connectivity index (χ0) is 12.2. The number of hydrogen-bond donors (Lipinski definition) is 0. The van der Waals surface area contributed by atoms with E-state index >= 15 is 0 Å². The summed E-state index contributed by atoms with van der Waals surface area (Å²) in [7, 11) is 0. The van der Waals surface area contributed by atoms with Gasteiger partial charge in [0.1, 0.15) is 6.33 Å². The molecule has 1 fully saturated rings. The van der Waals surface area contributed by atoms with Gasteiger partial charge in [-0.15, -0.1) is 0 Å². The molecule has 0 bridgehead atoms. The van der Waals surface area contributed by atoms with Gasteiger partial charge in [-0.1, -0.05) is 0 Å². The van der Waals surface area contributed by atoms with Crippen molar-refractivity contribution in [1.82, 2.24) is 19.9 Å². The van der Waals surface area contributed by atoms with Crippen molar-refractivity contribution in [2.75, 3.05) is 18.0 Å². The van der Waals surface area contributed by atoms with E-state index in [9.17, 15) is 0 Å². The highest BCUT2D eigenvalue weighted by atomic mass is 15.2. The zero-order valence-electron chi connectivity index (χ0n) is 10.1. The van der Waals surface area contributed by atoms with Crippen molar-refractivity contribution in [1.29, 1.82) is 0 Å². The SMILES string of the molecule is c1cnc(N2CCC[C@@H](c3ccncn3)C2)nc1. The van der Waals surface area contributed by atoms with Crippen molar-refractivity contribution >= 4 is 5.95 Å². The Kier molecular flexibility index (Phi) is 3.12. The Hall–Kier alpha value is -2.04. The summed E-state index contributed by atoms with van der Waals surface area (Å²) >= 11 is 0. The number of piperidine rings is 1. The van der Waals surface area contributed by atoms with Gasteiger partial charge in [-0.2, -0.15) is 0 Å². The van der Waals surface area contributed by atoms with Crippen LogP contribution < -0.4 is 4.90 Å². The molecule has 0 radical (unpaired) electrons. The molecule has 5 nitrogen and oxygen atoms in total. The van der Waals surface area contributed by atoms with Crippen LogP contribution in [0.1, 0.15) is 24.5 Å². The summed E-state index contributed by atoms with van der Waals surface area (Å²) in [6, 6.07) is 3.84. The number of hydrogen-bond acceptors (Lipinski definition) is 5. The molecule has 2 aromatic heterocycles. The van der Waals surface area contributed by atoms with Crippen molar-refractivity contribution in [3.63, 3.8) is 0 Å². The van der Waals surface area contributed by atoms with Gasteiger partial charge in [0, 0.05) is 43.3 Å². The monoisotopic (exact) mass is 241 g/mol. The number of anilines is 1. The molecule has 0 aliphatic carbocycles. The van der Waals surface area contributed by atoms with Crippen LogP contribution >= 0.6 is 0 Å². The molecule has 1 saturated heterocycles. The highest BCUT2D eigenvalue weighted by Gasteiger charge is 2.23. The molecule has 92 valence electrons. The minimum Gasteiger partial charge on any atom is -0.340 e. The third-order valence-electron chi connectivity index (χ3n) is 3.28. The number of aromatic nitrogens is 4. The molecule has 1 atom stereocenters. The topological polar surface area (TPSA) is 54.8 Å². The van der Waals surface area contributed by atoms with Crippen molar-refractivity contribution in [2.24, 2.45) is 0 Å². The van der Waals surface area contributed by atoms with Crippen LogP contribution in [-0.2, 0) is 0 Å². The lowest BCUT2D eigenvalue weighted by Crippen LogP contribution is -2.35. The van der Waals surface area contributed by atoms with Crippen molar-refractivity contribution in [2.45, 2.75) is 18.8 Å². The number of nitrogens with zero attached hydrogens (tertiary/aromatic N) is 5. The van der Waals surface area contributed by atoms with Crippen molar-refractivity contribution in [3.8, 4) is 0 Å². The Morgan fingerprint density at radius 1 is 1.11 bits per heavy atom. The van der Waals surface area contributed by atoms with Crippen molar-refractivity contribution in [3.05, 3.63) is 42.7 Å². The lowest BCUT2D eigenvalue weighted by molar-refractivity contribution is 0.494. The van der Waals surface area contributed by atoms with Gasteiger partial charge in [0.05, 0.1) is 0 Å². The molecule has 0 amide bonds. The van der Waals surface area contributed by atoms with E-state index in [0.29, 0.717) is 5.92 Å². The Labute approximate surface area is 106 Å². The molecule has 5 heteroatoms. The molecule has 1 aliphatic rings. The van der Waals surface area contributed by atoms with Gasteiger partial charge in [-0.05, 0) is 25.0 Å². The van der Waals surface area contributed by atoms with E-state index in [0.717, 1.165) is 31.2 Å². The smallest absolute Gasteiger partial charge is 0.225 e. The first kappa shape index (κ1) is 11.1. The average molecular weight is 241 g/mol. The predicted molar refractivity (Wildman–Crippen MR) is 68.3 cm³/mol. The molecule has 0 unspecified atom stereocenters. The van der Waals surface area contributed by atoms with Gasteiger partial charge in [-0.3, -0.25) is 0 Å². The lowest BCUT2D eigenvalue weighted by Gasteiger charge is -2.32. The molecule has 0 spiro atoms. The Bertz CT molecular complexity index is 442. The second-order valence-electron chi connectivity index (χ2n) is 4.47. The first-order chi connectivity index (χ1) is 8.93. The van der Waals surface area contributed by atoms with Crippen LogP contribution in [0.15, 0.2) is 37.1 Å². The molecule has 2 aromatic rings. The van der Waals surface area contributed by atoms with E-state index < -0.39 is 0 Å². The van der Waals surface area contributed by atoms with Crippen LogP contribution in [0.2, 0.25) is 0 Å². The maximum Gasteiger partial charge on any atom is 0.225 e. The zero-order valence-corrected chi connectivity index (χ0v) is 10.1. The molecular formula is C13H15N5. The number of rotatable bonds is 2. The Balaban J connectivity index is 1.77. The maximum atomic E-state index is 4.35. The van der Waals surface area contributed by atoms with Gasteiger partial charge in [0.2, 0.25) is 5.95 Å². The van der Waals surface area contributed by atoms with Crippen LogP contribution in [0.5, 0.6) is 0 Å². The third-order valence-corrected chi connectivity index (χ3v) is 3.28. The summed E-state index contributed by atoms with van der Waals surface area (Å²) in [5, 5.41) is 0. The van der Waals surface area contributed by atoms with Gasteiger partial charge in [-0.25, -0.2) is 19.9 Å². The Morgan fingerprint density at radius 2 is 2.00 bits per heavy atom. The highest BCUT2D eigenvalue weighted by molar-refractivity contribution is 5.31. The second kappa shape index (κ2) is 5.08. The van der Waals surface area contributed by atoms with Gasteiger partial charge < -0.3 is 4.90 Å². The summed E-state index contributed by atoms with van der Waals surface area (Å²) in [5.74, 6) is 1.27. The standard InChI is InChI=1S/C13H15N5/c1-3-11(12-4-7-14-10-17-12)9-18(8-1)13-15-5-2-6-16-13/h2,4-7,10-11H,1,3,8-9H2/t11-/m1/s1. The van der Waals surface area contributed by atoms with Crippen LogP contribution in [-0.4, -0.2) is 33.0 Å². The largest absolute Gasteiger partial charge is 0.340 e. The fourth-order valence-electron chi connectivity index (χ4n) is 2.40. The van der Waals surface area contributed by atoms with E-state index in [2.05, 4.69) is 24.8 Å². The summed E-state index contributed by atoms with van der Waals surface area (Å²) in [4.78, 5) is 19.2. The molecule has 18 heavy (non-hydrogen) atoms. The van der Waals surface area contributed by atoms with E-state index in [4.69, 9.17) is 0 Å². The van der Waals surface area contributed by atoms with E-state index in [1.165, 1.54) is 6.42 Å². The molecule has 0 N–H and O–H groups in total. The van der Waals surface area contributed by atoms with E-state index in [1.807, 2.05) is 12.1 Å². The van der Waals surface area contributed by atoms with Crippen LogP contribution in [0, 0.1) is 0 Å². The van der Waals surface area contributed by atoms with E-state index in [1.54, 1.807) is 24.9 Å². The minimum atomic E-state index is 0.450. The fraction of sp³-hybridized carbons (Fsp3) is 0.385. The summed E-state index contributed by atoms with van der Waals surface area (Å²) in [6.07, 6.45) is 9.31. The lowest BCUT2D eigenvalue weighted by atomic mass is 9.95. The molecular weight excluding hydrogens is 226 g/mol. The van der Waals surface area contributed by atoms with Gasteiger partial charge in [0.15, 0.2) is 0 Å². The van der Waals surface area contributed by atoms with Gasteiger partial charge >= 0.3 is 0 Å². The molecule has 3 rings (SSSR count). The Morgan fingerprint density at radius 3 is 2.78 bits per heavy atom. The maximum absolute atomic E-state index is 4.35. The first-order valence-corrected chi connectivity index (χ1v) is 6.21. The fourth-order valence-corrected chi connectivity index (χ4v) is 2.40. The summed E-state index contributed by atoms with van der Waals surface area (Å²) < 4.78 is 0. The molecule has 0 saturated carbocycles. The second-order valence-corrected chi connectivity index (χ2v) is 4.47. The molecule has 3 heterocycles. The highest BCUT2D eigenvalue weighted by Crippen LogP contribution is 2.26. The normalized spacial score (nSPS) is 19.8.